The third-order valence-electron chi connectivity index (χ3n) is 7.40. The summed E-state index contributed by atoms with van der Waals surface area (Å²) in [5.41, 5.74) is 1.22. The molecule has 1 saturated carbocycles. The molecule has 3 aromatic rings. The number of aromatic nitrogens is 2. The van der Waals surface area contributed by atoms with Crippen LogP contribution in [0.2, 0.25) is 0 Å². The summed E-state index contributed by atoms with van der Waals surface area (Å²) in [4.78, 5) is 32.8. The van der Waals surface area contributed by atoms with E-state index in [-0.39, 0.29) is 35.3 Å². The first-order chi connectivity index (χ1) is 19.9. The average molecular weight is 567 g/mol. The number of fused-ring (bicyclic) bond motifs is 7. The van der Waals surface area contributed by atoms with Crippen LogP contribution in [0.3, 0.4) is 0 Å². The number of rotatable bonds is 3. The summed E-state index contributed by atoms with van der Waals surface area (Å²) in [6.07, 6.45) is 6.41. The second-order valence-electron chi connectivity index (χ2n) is 10.3. The number of aliphatic carboxylic acids is 1. The van der Waals surface area contributed by atoms with Crippen LogP contribution in [-0.4, -0.2) is 46.2 Å². The quantitative estimate of drug-likeness (QED) is 0.360. The number of nitrogens with zero attached hydrogens (tertiary/aromatic N) is 2. The summed E-state index contributed by atoms with van der Waals surface area (Å²) < 4.78 is 40.7. The minimum Gasteiger partial charge on any atom is -0.493 e. The van der Waals surface area contributed by atoms with E-state index in [1.165, 1.54) is 18.2 Å². The molecule has 2 aromatic carbocycles. The molecule has 6 bridgehead atoms. The van der Waals surface area contributed by atoms with Crippen LogP contribution in [0.5, 0.6) is 11.5 Å². The van der Waals surface area contributed by atoms with Crippen molar-refractivity contribution in [3.05, 3.63) is 59.8 Å². The monoisotopic (exact) mass is 566 g/mol. The Hall–Kier alpha value is -4.28. The maximum atomic E-state index is 14.7. The SMILES string of the molecule is O=C(NC1CCC(C(=O)O)CC1)c1ccc2cc1OCCCCCCOc1cc(ccc1F)-c1nc(ncc1F)N2. The molecule has 1 amide bonds. The van der Waals surface area contributed by atoms with Gasteiger partial charge < -0.3 is 25.2 Å². The first kappa shape index (κ1) is 28.3. The smallest absolute Gasteiger partial charge is 0.306 e. The van der Waals surface area contributed by atoms with Crippen LogP contribution in [0.4, 0.5) is 20.4 Å². The number of nitrogens with one attached hydrogen (secondary N) is 2. The molecule has 2 aliphatic rings. The van der Waals surface area contributed by atoms with Crippen molar-refractivity contribution < 1.29 is 33.0 Å². The molecule has 1 aliphatic carbocycles. The predicted molar refractivity (Wildman–Crippen MR) is 147 cm³/mol. The Balaban J connectivity index is 1.39. The molecule has 1 fully saturated rings. The number of carboxylic acid groups (broad SMARTS) is 1. The number of anilines is 2. The van der Waals surface area contributed by atoms with Gasteiger partial charge in [-0.2, -0.15) is 0 Å². The number of hydrogen-bond donors (Lipinski definition) is 3. The molecule has 9 nitrogen and oxygen atoms in total. The number of carboxylic acids is 1. The summed E-state index contributed by atoms with van der Waals surface area (Å²) in [6, 6.07) is 8.98. The van der Waals surface area contributed by atoms with Crippen molar-refractivity contribution in [1.82, 2.24) is 15.3 Å². The molecular formula is C30H32F2N4O5. The van der Waals surface area contributed by atoms with E-state index in [1.807, 2.05) is 0 Å². The highest BCUT2D eigenvalue weighted by atomic mass is 19.1. The fraction of sp³-hybridized carbons (Fsp3) is 0.400. The highest BCUT2D eigenvalue weighted by Crippen LogP contribution is 2.31. The van der Waals surface area contributed by atoms with Crippen molar-refractivity contribution in [2.45, 2.75) is 57.4 Å². The minimum absolute atomic E-state index is 0.0152. The number of carbonyl (C=O) groups is 2. The van der Waals surface area contributed by atoms with Gasteiger partial charge in [-0.3, -0.25) is 9.59 Å². The molecule has 216 valence electrons. The fourth-order valence-corrected chi connectivity index (χ4v) is 5.10. The summed E-state index contributed by atoms with van der Waals surface area (Å²) in [5, 5.41) is 15.3. The van der Waals surface area contributed by atoms with Gasteiger partial charge in [0.2, 0.25) is 5.95 Å². The predicted octanol–water partition coefficient (Wildman–Crippen LogP) is 5.87. The van der Waals surface area contributed by atoms with Gasteiger partial charge in [-0.25, -0.2) is 18.7 Å². The Kier molecular flexibility index (Phi) is 8.91. The van der Waals surface area contributed by atoms with Gasteiger partial charge >= 0.3 is 5.97 Å². The van der Waals surface area contributed by atoms with Gasteiger partial charge in [0.15, 0.2) is 17.4 Å². The summed E-state index contributed by atoms with van der Waals surface area (Å²) in [7, 11) is 0. The molecule has 0 saturated heterocycles. The third-order valence-corrected chi connectivity index (χ3v) is 7.40. The van der Waals surface area contributed by atoms with Gasteiger partial charge in [0, 0.05) is 23.4 Å². The van der Waals surface area contributed by atoms with Crippen LogP contribution in [0, 0.1) is 17.6 Å². The highest BCUT2D eigenvalue weighted by molar-refractivity contribution is 5.97. The van der Waals surface area contributed by atoms with Crippen LogP contribution in [-0.2, 0) is 4.79 Å². The Bertz CT molecular complexity index is 1410. The summed E-state index contributed by atoms with van der Waals surface area (Å²) >= 11 is 0. The molecule has 3 N–H and O–H groups in total. The van der Waals surface area contributed by atoms with Crippen molar-refractivity contribution >= 4 is 23.5 Å². The van der Waals surface area contributed by atoms with Crippen LogP contribution in [0.25, 0.3) is 11.3 Å². The molecule has 0 atom stereocenters. The normalized spacial score (nSPS) is 19.4. The number of amides is 1. The second-order valence-corrected chi connectivity index (χ2v) is 10.3. The van der Waals surface area contributed by atoms with E-state index in [2.05, 4.69) is 20.6 Å². The molecular weight excluding hydrogens is 534 g/mol. The average Bonchev–Trinajstić information content (AvgIpc) is 2.96. The van der Waals surface area contributed by atoms with Gasteiger partial charge in [0.1, 0.15) is 11.4 Å². The van der Waals surface area contributed by atoms with Crippen LogP contribution < -0.4 is 20.1 Å². The maximum absolute atomic E-state index is 14.7. The van der Waals surface area contributed by atoms with E-state index >= 15 is 0 Å². The lowest BCUT2D eigenvalue weighted by Gasteiger charge is -2.27. The largest absolute Gasteiger partial charge is 0.493 e. The zero-order chi connectivity index (χ0) is 28.8. The number of benzene rings is 2. The standard InChI is InChI=1S/C30H32F2N4O5/c31-23-12-7-19-15-26(23)41-14-4-2-1-3-13-40-25-16-21(35-30-33-17-24(32)27(19)36-30)10-11-22(25)28(37)34-20-8-5-18(6-9-20)29(38)39/h7,10-12,15-18,20H,1-6,8-9,13-14H2,(H,34,37)(H,38,39)(H,33,35,36). The lowest BCUT2D eigenvalue weighted by Crippen LogP contribution is -2.38. The van der Waals surface area contributed by atoms with Crippen molar-refractivity contribution in [3.8, 4) is 22.8 Å². The van der Waals surface area contributed by atoms with Crippen LogP contribution >= 0.6 is 0 Å². The van der Waals surface area contributed by atoms with Crippen molar-refractivity contribution in [3.63, 3.8) is 0 Å². The van der Waals surface area contributed by atoms with E-state index in [1.54, 1.807) is 18.2 Å². The fourth-order valence-electron chi connectivity index (χ4n) is 5.10. The summed E-state index contributed by atoms with van der Waals surface area (Å²) in [5.74, 6) is -2.14. The number of halogens is 2. The minimum atomic E-state index is -0.794. The molecule has 0 spiro atoms. The van der Waals surface area contributed by atoms with E-state index < -0.39 is 17.6 Å². The Morgan fingerprint density at radius 2 is 1.63 bits per heavy atom. The number of ether oxygens (including phenoxy) is 2. The van der Waals surface area contributed by atoms with Gasteiger partial charge in [0.25, 0.3) is 5.91 Å². The van der Waals surface area contributed by atoms with E-state index in [9.17, 15) is 23.5 Å². The van der Waals surface area contributed by atoms with E-state index in [4.69, 9.17) is 9.47 Å². The lowest BCUT2D eigenvalue weighted by atomic mass is 9.86. The Morgan fingerprint density at radius 1 is 0.902 bits per heavy atom. The third kappa shape index (κ3) is 7.08. The van der Waals surface area contributed by atoms with Crippen molar-refractivity contribution in [2.24, 2.45) is 5.92 Å². The molecule has 5 rings (SSSR count). The molecule has 0 radical (unpaired) electrons. The van der Waals surface area contributed by atoms with Crippen molar-refractivity contribution in [1.29, 1.82) is 0 Å². The first-order valence-electron chi connectivity index (χ1n) is 13.9. The van der Waals surface area contributed by atoms with Gasteiger partial charge in [-0.15, -0.1) is 0 Å². The molecule has 1 aliphatic heterocycles. The second kappa shape index (κ2) is 12.9. The van der Waals surface area contributed by atoms with Crippen molar-refractivity contribution in [2.75, 3.05) is 18.5 Å². The number of carbonyl (C=O) groups excluding carboxylic acids is 1. The Labute approximate surface area is 236 Å². The summed E-state index contributed by atoms with van der Waals surface area (Å²) in [6.45, 7) is 0.684. The maximum Gasteiger partial charge on any atom is 0.306 e. The van der Waals surface area contributed by atoms with Gasteiger partial charge in [-0.1, -0.05) is 0 Å². The Morgan fingerprint density at radius 3 is 2.37 bits per heavy atom. The zero-order valence-corrected chi connectivity index (χ0v) is 22.5. The topological polar surface area (TPSA) is 123 Å². The molecule has 41 heavy (non-hydrogen) atoms. The molecule has 1 aromatic heterocycles. The molecule has 11 heteroatoms. The van der Waals surface area contributed by atoms with Crippen LogP contribution in [0.1, 0.15) is 61.7 Å². The lowest BCUT2D eigenvalue weighted by molar-refractivity contribution is -0.142. The van der Waals surface area contributed by atoms with E-state index in [0.717, 1.165) is 25.5 Å². The zero-order valence-electron chi connectivity index (χ0n) is 22.5. The van der Waals surface area contributed by atoms with Crippen LogP contribution in [0.15, 0.2) is 42.6 Å². The van der Waals surface area contributed by atoms with Gasteiger partial charge in [0.05, 0.1) is 30.9 Å². The number of hydrogen-bond acceptors (Lipinski definition) is 7. The molecule has 0 unspecified atom stereocenters. The first-order valence-corrected chi connectivity index (χ1v) is 13.9. The molecule has 2 heterocycles. The highest BCUT2D eigenvalue weighted by Gasteiger charge is 2.27. The van der Waals surface area contributed by atoms with E-state index in [0.29, 0.717) is 67.9 Å². The van der Waals surface area contributed by atoms with Gasteiger partial charge in [-0.05, 0) is 81.7 Å².